The molecule has 104 valence electrons. The van der Waals surface area contributed by atoms with Gasteiger partial charge in [-0.3, -0.25) is 0 Å². The van der Waals surface area contributed by atoms with Crippen molar-refractivity contribution >= 4 is 11.7 Å². The van der Waals surface area contributed by atoms with Gasteiger partial charge in [0.2, 0.25) is 0 Å². The van der Waals surface area contributed by atoms with E-state index in [1.807, 2.05) is 0 Å². The fourth-order valence-corrected chi connectivity index (χ4v) is 2.59. The molecule has 2 rings (SSSR count). The molecule has 1 aliphatic rings. The lowest BCUT2D eigenvalue weighted by atomic mass is 9.83. The first-order chi connectivity index (χ1) is 9.06. The maximum absolute atomic E-state index is 13.2. The number of nitrogens with one attached hydrogen (secondary N) is 1. The van der Waals surface area contributed by atoms with Gasteiger partial charge in [0.1, 0.15) is 5.82 Å². The maximum Gasteiger partial charge on any atom is 0.338 e. The molecule has 1 aromatic carbocycles. The number of rotatable bonds is 4. The minimum absolute atomic E-state index is 0.276. The van der Waals surface area contributed by atoms with Crippen molar-refractivity contribution in [1.29, 1.82) is 0 Å². The second-order valence-electron chi connectivity index (χ2n) is 5.51. The average Bonchev–Trinajstić information content (AvgIpc) is 2.39. The number of anilines is 1. The molecule has 0 unspecified atom stereocenters. The van der Waals surface area contributed by atoms with Gasteiger partial charge in [-0.15, -0.1) is 0 Å². The first kappa shape index (κ1) is 13.8. The van der Waals surface area contributed by atoms with Crippen LogP contribution in [0.1, 0.15) is 43.0 Å². The molecule has 1 aromatic rings. The van der Waals surface area contributed by atoms with Crippen molar-refractivity contribution in [2.75, 3.05) is 11.9 Å². The van der Waals surface area contributed by atoms with E-state index in [9.17, 15) is 9.18 Å². The van der Waals surface area contributed by atoms with Gasteiger partial charge in [0.15, 0.2) is 0 Å². The molecule has 0 saturated heterocycles. The molecule has 19 heavy (non-hydrogen) atoms. The van der Waals surface area contributed by atoms with E-state index in [0.717, 1.165) is 12.5 Å². The summed E-state index contributed by atoms with van der Waals surface area (Å²) < 4.78 is 13.2. The monoisotopic (exact) mass is 265 g/mol. The van der Waals surface area contributed by atoms with E-state index in [-0.39, 0.29) is 5.56 Å². The van der Waals surface area contributed by atoms with Gasteiger partial charge < -0.3 is 10.4 Å². The van der Waals surface area contributed by atoms with Gasteiger partial charge in [-0.25, -0.2) is 9.18 Å². The van der Waals surface area contributed by atoms with Crippen molar-refractivity contribution in [3.8, 4) is 0 Å². The minimum atomic E-state index is -1.23. The Labute approximate surface area is 112 Å². The first-order valence-electron chi connectivity index (χ1n) is 6.83. The highest BCUT2D eigenvalue weighted by Gasteiger charge is 2.18. The maximum atomic E-state index is 13.2. The molecule has 0 aliphatic heterocycles. The molecule has 1 fully saturated rings. The lowest BCUT2D eigenvalue weighted by molar-refractivity contribution is 0.0692. The molecule has 4 heteroatoms. The molecule has 0 bridgehead atoms. The third-order valence-electron chi connectivity index (χ3n) is 3.93. The molecule has 1 saturated carbocycles. The molecule has 0 spiro atoms. The number of carboxylic acid groups (broad SMARTS) is 1. The summed E-state index contributed by atoms with van der Waals surface area (Å²) in [5.74, 6) is -0.465. The van der Waals surface area contributed by atoms with Crippen LogP contribution in [0.4, 0.5) is 10.1 Å². The van der Waals surface area contributed by atoms with Crippen LogP contribution in [-0.2, 0) is 0 Å². The van der Waals surface area contributed by atoms with Crippen molar-refractivity contribution < 1.29 is 14.3 Å². The molecule has 2 N–H and O–H groups in total. The third-order valence-corrected chi connectivity index (χ3v) is 3.93. The molecule has 3 nitrogen and oxygen atoms in total. The smallest absolute Gasteiger partial charge is 0.338 e. The summed E-state index contributed by atoms with van der Waals surface area (Å²) in [6.45, 7) is 3.11. The third kappa shape index (κ3) is 3.69. The van der Waals surface area contributed by atoms with Crippen molar-refractivity contribution in [3.63, 3.8) is 0 Å². The zero-order valence-electron chi connectivity index (χ0n) is 11.2. The number of hydrogen-bond acceptors (Lipinski definition) is 2. The SMILES string of the molecule is CC1CCC(CNc2ccc(F)c(C(=O)O)c2)CC1. The number of carboxylic acids is 1. The fraction of sp³-hybridized carbons (Fsp3) is 0.533. The number of halogens is 1. The number of aromatic carboxylic acids is 1. The van der Waals surface area contributed by atoms with E-state index < -0.39 is 11.8 Å². The van der Waals surface area contributed by atoms with Gasteiger partial charge in [-0.2, -0.15) is 0 Å². The number of carbonyl (C=O) groups is 1. The standard InChI is InChI=1S/C15H20FNO2/c1-10-2-4-11(5-3-10)9-17-12-6-7-14(16)13(8-12)15(18)19/h6-8,10-11,17H,2-5,9H2,1H3,(H,18,19). The summed E-state index contributed by atoms with van der Waals surface area (Å²) in [6, 6.07) is 4.16. The highest BCUT2D eigenvalue weighted by molar-refractivity contribution is 5.89. The highest BCUT2D eigenvalue weighted by atomic mass is 19.1. The predicted octanol–water partition coefficient (Wildman–Crippen LogP) is 3.76. The van der Waals surface area contributed by atoms with Crippen molar-refractivity contribution in [2.24, 2.45) is 11.8 Å². The average molecular weight is 265 g/mol. The van der Waals surface area contributed by atoms with Crippen LogP contribution in [0.15, 0.2) is 18.2 Å². The minimum Gasteiger partial charge on any atom is -0.478 e. The van der Waals surface area contributed by atoms with Crippen LogP contribution in [0.2, 0.25) is 0 Å². The van der Waals surface area contributed by atoms with E-state index >= 15 is 0 Å². The van der Waals surface area contributed by atoms with Crippen molar-refractivity contribution in [3.05, 3.63) is 29.6 Å². The fourth-order valence-electron chi connectivity index (χ4n) is 2.59. The quantitative estimate of drug-likeness (QED) is 0.871. The van der Waals surface area contributed by atoms with Gasteiger partial charge in [0.05, 0.1) is 5.56 Å². The topological polar surface area (TPSA) is 49.3 Å². The van der Waals surface area contributed by atoms with Crippen LogP contribution < -0.4 is 5.32 Å². The van der Waals surface area contributed by atoms with Gasteiger partial charge in [-0.1, -0.05) is 19.8 Å². The molecule has 0 heterocycles. The number of hydrogen-bond donors (Lipinski definition) is 2. The lowest BCUT2D eigenvalue weighted by Gasteiger charge is -2.26. The Balaban J connectivity index is 1.92. The Morgan fingerprint density at radius 2 is 2.05 bits per heavy atom. The molecular formula is C15H20FNO2. The van der Waals surface area contributed by atoms with Crippen LogP contribution in [0.25, 0.3) is 0 Å². The molecule has 0 radical (unpaired) electrons. The summed E-state index contributed by atoms with van der Waals surface area (Å²) in [7, 11) is 0. The lowest BCUT2D eigenvalue weighted by Crippen LogP contribution is -2.20. The van der Waals surface area contributed by atoms with Crippen LogP contribution >= 0.6 is 0 Å². The van der Waals surface area contributed by atoms with Crippen LogP contribution in [0, 0.1) is 17.7 Å². The molecular weight excluding hydrogens is 245 g/mol. The molecule has 0 amide bonds. The van der Waals surface area contributed by atoms with E-state index in [2.05, 4.69) is 12.2 Å². The Morgan fingerprint density at radius 3 is 2.68 bits per heavy atom. The summed E-state index contributed by atoms with van der Waals surface area (Å²) in [4.78, 5) is 10.8. The Kier molecular flexibility index (Phi) is 4.40. The van der Waals surface area contributed by atoms with Crippen molar-refractivity contribution in [1.82, 2.24) is 0 Å². The summed E-state index contributed by atoms with van der Waals surface area (Å²) >= 11 is 0. The van der Waals surface area contributed by atoms with E-state index in [1.54, 1.807) is 6.07 Å². The second-order valence-corrected chi connectivity index (χ2v) is 5.51. The Hall–Kier alpha value is -1.58. The highest BCUT2D eigenvalue weighted by Crippen LogP contribution is 2.28. The normalized spacial score (nSPS) is 23.1. The van der Waals surface area contributed by atoms with E-state index in [1.165, 1.54) is 37.8 Å². The van der Waals surface area contributed by atoms with Gasteiger partial charge in [-0.05, 0) is 42.9 Å². The van der Waals surface area contributed by atoms with Crippen LogP contribution in [0.3, 0.4) is 0 Å². The van der Waals surface area contributed by atoms with Crippen molar-refractivity contribution in [2.45, 2.75) is 32.6 Å². The van der Waals surface area contributed by atoms with Crippen LogP contribution in [0.5, 0.6) is 0 Å². The van der Waals surface area contributed by atoms with Gasteiger partial charge in [0, 0.05) is 12.2 Å². The second kappa shape index (κ2) is 6.04. The molecule has 0 atom stereocenters. The zero-order valence-corrected chi connectivity index (χ0v) is 11.2. The van der Waals surface area contributed by atoms with Gasteiger partial charge >= 0.3 is 5.97 Å². The zero-order chi connectivity index (χ0) is 13.8. The first-order valence-corrected chi connectivity index (χ1v) is 6.83. The summed E-state index contributed by atoms with van der Waals surface area (Å²) in [5.41, 5.74) is 0.402. The largest absolute Gasteiger partial charge is 0.478 e. The van der Waals surface area contributed by atoms with Crippen LogP contribution in [-0.4, -0.2) is 17.6 Å². The Morgan fingerprint density at radius 1 is 1.37 bits per heavy atom. The number of benzene rings is 1. The Bertz CT molecular complexity index is 453. The van der Waals surface area contributed by atoms with E-state index in [0.29, 0.717) is 11.6 Å². The summed E-state index contributed by atoms with van der Waals surface area (Å²) in [6.07, 6.45) is 4.94. The molecule has 0 aromatic heterocycles. The predicted molar refractivity (Wildman–Crippen MR) is 73.0 cm³/mol. The van der Waals surface area contributed by atoms with Gasteiger partial charge in [0.25, 0.3) is 0 Å². The molecule has 1 aliphatic carbocycles. The van der Waals surface area contributed by atoms with E-state index in [4.69, 9.17) is 5.11 Å². The summed E-state index contributed by atoms with van der Waals surface area (Å²) in [5, 5.41) is 12.1.